The van der Waals surface area contributed by atoms with Crippen molar-refractivity contribution in [2.24, 2.45) is 0 Å². The van der Waals surface area contributed by atoms with Crippen molar-refractivity contribution in [3.05, 3.63) is 35.9 Å². The minimum absolute atomic E-state index is 0.0157. The van der Waals surface area contributed by atoms with Crippen LogP contribution >= 0.6 is 0 Å². The highest BCUT2D eigenvalue weighted by molar-refractivity contribution is 5.85. The predicted molar refractivity (Wildman–Crippen MR) is 106 cm³/mol. The number of benzene rings is 1. The van der Waals surface area contributed by atoms with Crippen LogP contribution in [-0.2, 0) is 9.53 Å². The third-order valence-corrected chi connectivity index (χ3v) is 5.98. The maximum absolute atomic E-state index is 12.9. The lowest BCUT2D eigenvalue weighted by Gasteiger charge is -2.39. The van der Waals surface area contributed by atoms with E-state index in [9.17, 15) is 4.79 Å². The molecule has 1 aliphatic heterocycles. The van der Waals surface area contributed by atoms with E-state index in [0.717, 1.165) is 25.9 Å². The van der Waals surface area contributed by atoms with Gasteiger partial charge in [0.1, 0.15) is 5.60 Å². The molecule has 1 saturated heterocycles. The van der Waals surface area contributed by atoms with Crippen molar-refractivity contribution in [3.8, 4) is 0 Å². The van der Waals surface area contributed by atoms with Gasteiger partial charge in [-0.1, -0.05) is 44.2 Å². The number of nitrogens with one attached hydrogen (secondary N) is 3. The minimum Gasteiger partial charge on any atom is -0.368 e. The molecule has 1 aromatic rings. The van der Waals surface area contributed by atoms with Gasteiger partial charge in [-0.05, 0) is 51.3 Å². The summed E-state index contributed by atoms with van der Waals surface area (Å²) in [4.78, 5) is 12.9. The number of ether oxygens (including phenoxy) is 1. The molecule has 5 nitrogen and oxygen atoms in total. The Morgan fingerprint density at radius 1 is 1.23 bits per heavy atom. The molecule has 1 aliphatic rings. The van der Waals surface area contributed by atoms with E-state index in [1.54, 1.807) is 7.11 Å². The summed E-state index contributed by atoms with van der Waals surface area (Å²) < 4.78 is 5.65. The Labute approximate surface area is 158 Å². The number of piperidine rings is 1. The summed E-state index contributed by atoms with van der Waals surface area (Å²) in [6.07, 6.45) is 3.33. The summed E-state index contributed by atoms with van der Waals surface area (Å²) in [5, 5.41) is 10.3. The molecule has 0 aromatic heterocycles. The summed E-state index contributed by atoms with van der Waals surface area (Å²) in [5.74, 6) is 0.0157. The molecule has 5 heteroatoms. The highest BCUT2D eigenvalue weighted by atomic mass is 16.5. The molecule has 3 N–H and O–H groups in total. The van der Waals surface area contributed by atoms with Gasteiger partial charge in [0.25, 0.3) is 5.91 Å². The Morgan fingerprint density at radius 2 is 1.85 bits per heavy atom. The molecular formula is C21H35N3O2. The average Bonchev–Trinajstić information content (AvgIpc) is 2.72. The molecule has 26 heavy (non-hydrogen) atoms. The zero-order valence-corrected chi connectivity index (χ0v) is 16.7. The van der Waals surface area contributed by atoms with Crippen molar-refractivity contribution in [1.82, 2.24) is 16.0 Å². The molecule has 2 rings (SSSR count). The molecule has 1 atom stereocenters. The molecular weight excluding hydrogens is 326 g/mol. The quantitative estimate of drug-likeness (QED) is 0.633. The van der Waals surface area contributed by atoms with Crippen LogP contribution < -0.4 is 16.0 Å². The van der Waals surface area contributed by atoms with E-state index in [1.165, 1.54) is 5.56 Å². The van der Waals surface area contributed by atoms with E-state index in [4.69, 9.17) is 4.74 Å². The van der Waals surface area contributed by atoms with Gasteiger partial charge >= 0.3 is 0 Å². The first-order chi connectivity index (χ1) is 12.5. The highest BCUT2D eigenvalue weighted by Gasteiger charge is 2.40. The number of amides is 1. The first-order valence-corrected chi connectivity index (χ1v) is 9.87. The molecule has 0 spiro atoms. The van der Waals surface area contributed by atoms with Crippen LogP contribution in [-0.4, -0.2) is 43.8 Å². The Bertz CT molecular complexity index is 552. The standard InChI is InChI=1S/C21H35N3O2/c1-5-20(6-2,24-17(3)18-10-8-7-9-11-18)16-23-19(25)21(26-4)12-14-22-15-13-21/h7-11,17,22,24H,5-6,12-16H2,1-4H3,(H,23,25). The maximum atomic E-state index is 12.9. The lowest BCUT2D eigenvalue weighted by Crippen LogP contribution is -2.59. The fourth-order valence-electron chi connectivity index (χ4n) is 3.80. The molecule has 146 valence electrons. The molecule has 0 radical (unpaired) electrons. The van der Waals surface area contributed by atoms with E-state index in [1.807, 2.05) is 6.07 Å². The molecule has 1 amide bonds. The normalized spacial score (nSPS) is 18.3. The van der Waals surface area contributed by atoms with Crippen LogP contribution in [0.1, 0.15) is 58.1 Å². The second-order valence-corrected chi connectivity index (χ2v) is 7.40. The summed E-state index contributed by atoms with van der Waals surface area (Å²) in [7, 11) is 1.65. The fourth-order valence-corrected chi connectivity index (χ4v) is 3.80. The molecule has 0 saturated carbocycles. The van der Waals surface area contributed by atoms with Crippen LogP contribution in [0.2, 0.25) is 0 Å². The largest absolute Gasteiger partial charge is 0.368 e. The third-order valence-electron chi connectivity index (χ3n) is 5.98. The Hall–Kier alpha value is -1.43. The predicted octanol–water partition coefficient (Wildman–Crippen LogP) is 2.78. The van der Waals surface area contributed by atoms with Gasteiger partial charge in [-0.2, -0.15) is 0 Å². The monoisotopic (exact) mass is 361 g/mol. The number of hydrogen-bond donors (Lipinski definition) is 3. The smallest absolute Gasteiger partial charge is 0.252 e. The number of carbonyl (C=O) groups excluding carboxylic acids is 1. The van der Waals surface area contributed by atoms with Gasteiger partial charge in [-0.3, -0.25) is 4.79 Å². The maximum Gasteiger partial charge on any atom is 0.252 e. The van der Waals surface area contributed by atoms with Gasteiger partial charge in [-0.15, -0.1) is 0 Å². The first kappa shape index (κ1) is 20.9. The van der Waals surface area contributed by atoms with Crippen molar-refractivity contribution in [1.29, 1.82) is 0 Å². The molecule has 1 aromatic carbocycles. The molecule has 1 heterocycles. The molecule has 0 aliphatic carbocycles. The summed E-state index contributed by atoms with van der Waals surface area (Å²) in [6, 6.07) is 10.7. The van der Waals surface area contributed by atoms with E-state index in [2.05, 4.69) is 61.0 Å². The van der Waals surface area contributed by atoms with Crippen LogP contribution in [0.4, 0.5) is 0 Å². The summed E-state index contributed by atoms with van der Waals surface area (Å²) in [6.45, 7) is 8.78. The first-order valence-electron chi connectivity index (χ1n) is 9.87. The van der Waals surface area contributed by atoms with Crippen LogP contribution in [0.25, 0.3) is 0 Å². The van der Waals surface area contributed by atoms with Crippen LogP contribution in [0, 0.1) is 0 Å². The Balaban J connectivity index is 2.03. The zero-order chi connectivity index (χ0) is 19.0. The highest BCUT2D eigenvalue weighted by Crippen LogP contribution is 2.25. The summed E-state index contributed by atoms with van der Waals surface area (Å²) in [5.41, 5.74) is 0.438. The van der Waals surface area contributed by atoms with Crippen molar-refractivity contribution in [2.75, 3.05) is 26.7 Å². The Morgan fingerprint density at radius 3 is 2.38 bits per heavy atom. The molecule has 1 unspecified atom stereocenters. The fraction of sp³-hybridized carbons (Fsp3) is 0.667. The number of methoxy groups -OCH3 is 1. The van der Waals surface area contributed by atoms with E-state index in [-0.39, 0.29) is 17.5 Å². The van der Waals surface area contributed by atoms with Crippen molar-refractivity contribution in [2.45, 2.75) is 63.6 Å². The second kappa shape index (κ2) is 9.49. The van der Waals surface area contributed by atoms with E-state index < -0.39 is 5.60 Å². The Kier molecular flexibility index (Phi) is 7.62. The average molecular weight is 362 g/mol. The van der Waals surface area contributed by atoms with Crippen molar-refractivity contribution >= 4 is 5.91 Å². The minimum atomic E-state index is -0.691. The summed E-state index contributed by atoms with van der Waals surface area (Å²) >= 11 is 0. The lowest BCUT2D eigenvalue weighted by atomic mass is 9.88. The number of carbonyl (C=O) groups is 1. The third kappa shape index (κ3) is 4.84. The number of hydrogen-bond acceptors (Lipinski definition) is 4. The van der Waals surface area contributed by atoms with Crippen LogP contribution in [0.15, 0.2) is 30.3 Å². The van der Waals surface area contributed by atoms with Gasteiger partial charge in [0.05, 0.1) is 0 Å². The van der Waals surface area contributed by atoms with Crippen LogP contribution in [0.5, 0.6) is 0 Å². The van der Waals surface area contributed by atoms with Gasteiger partial charge in [0.2, 0.25) is 0 Å². The second-order valence-electron chi connectivity index (χ2n) is 7.40. The number of rotatable bonds is 9. The zero-order valence-electron chi connectivity index (χ0n) is 16.7. The topological polar surface area (TPSA) is 62.4 Å². The van der Waals surface area contributed by atoms with Gasteiger partial charge in [-0.25, -0.2) is 0 Å². The van der Waals surface area contributed by atoms with E-state index >= 15 is 0 Å². The molecule has 0 bridgehead atoms. The van der Waals surface area contributed by atoms with Gasteiger partial charge < -0.3 is 20.7 Å². The van der Waals surface area contributed by atoms with Crippen molar-refractivity contribution in [3.63, 3.8) is 0 Å². The SMILES string of the molecule is CCC(CC)(CNC(=O)C1(OC)CCNCC1)NC(C)c1ccccc1. The van der Waals surface area contributed by atoms with Crippen molar-refractivity contribution < 1.29 is 9.53 Å². The van der Waals surface area contributed by atoms with Gasteiger partial charge in [0.15, 0.2) is 0 Å². The van der Waals surface area contributed by atoms with Gasteiger partial charge in [0, 0.05) is 25.2 Å². The molecule has 1 fully saturated rings. The van der Waals surface area contributed by atoms with E-state index in [0.29, 0.717) is 19.4 Å². The van der Waals surface area contributed by atoms with Crippen LogP contribution in [0.3, 0.4) is 0 Å². The lowest BCUT2D eigenvalue weighted by molar-refractivity contribution is -0.147.